The number of nitrogens with zero attached hydrogens (tertiary/aromatic N) is 2. The number of ether oxygens (including phenoxy) is 2. The number of fused-ring (bicyclic) bond motifs is 1. The molecule has 1 aliphatic rings. The second-order valence-corrected chi connectivity index (χ2v) is 5.83. The number of methoxy groups -OCH3 is 2. The van der Waals surface area contributed by atoms with Crippen molar-refractivity contribution < 1.29 is 9.47 Å². The summed E-state index contributed by atoms with van der Waals surface area (Å²) < 4.78 is 11.0. The fraction of sp³-hybridized carbons (Fsp3) is 0.300. The molecule has 0 spiro atoms. The molecule has 5 heteroatoms. The van der Waals surface area contributed by atoms with Gasteiger partial charge in [0.25, 0.3) is 0 Å². The van der Waals surface area contributed by atoms with E-state index in [1.807, 2.05) is 42.5 Å². The molecule has 0 atom stereocenters. The van der Waals surface area contributed by atoms with Crippen LogP contribution in [0, 0.1) is 0 Å². The van der Waals surface area contributed by atoms with Gasteiger partial charge in [-0.1, -0.05) is 37.3 Å². The summed E-state index contributed by atoms with van der Waals surface area (Å²) in [5, 5.41) is 12.4. The Morgan fingerprint density at radius 1 is 1.00 bits per heavy atom. The maximum absolute atomic E-state index is 5.49. The van der Waals surface area contributed by atoms with E-state index in [2.05, 4.69) is 22.4 Å². The molecule has 25 heavy (non-hydrogen) atoms. The lowest BCUT2D eigenvalue weighted by molar-refractivity contribution is 0.354. The molecule has 0 bridgehead atoms. The Hall–Kier alpha value is -2.82. The summed E-state index contributed by atoms with van der Waals surface area (Å²) in [6.07, 6.45) is 1.71. The minimum Gasteiger partial charge on any atom is -0.493 e. The Morgan fingerprint density at radius 2 is 1.72 bits per heavy atom. The minimum atomic E-state index is 0.676. The van der Waals surface area contributed by atoms with Crippen LogP contribution in [0.15, 0.2) is 52.7 Å². The van der Waals surface area contributed by atoms with Crippen LogP contribution in [0.25, 0.3) is 0 Å². The van der Waals surface area contributed by atoms with Gasteiger partial charge in [0.05, 0.1) is 14.2 Å². The van der Waals surface area contributed by atoms with E-state index in [0.29, 0.717) is 17.9 Å². The quantitative estimate of drug-likeness (QED) is 0.910. The highest BCUT2D eigenvalue weighted by Gasteiger charge is 2.20. The molecular formula is C20H23N3O2. The third-order valence-electron chi connectivity index (χ3n) is 4.12. The van der Waals surface area contributed by atoms with Gasteiger partial charge in [0.1, 0.15) is 11.5 Å². The van der Waals surface area contributed by atoms with Gasteiger partial charge >= 0.3 is 0 Å². The predicted octanol–water partition coefficient (Wildman–Crippen LogP) is 3.41. The molecule has 0 unspecified atom stereocenters. The van der Waals surface area contributed by atoms with Crippen LogP contribution in [0.5, 0.6) is 11.5 Å². The second-order valence-electron chi connectivity index (χ2n) is 5.83. The molecule has 1 aliphatic heterocycles. The van der Waals surface area contributed by atoms with Gasteiger partial charge < -0.3 is 14.8 Å². The number of benzene rings is 2. The largest absolute Gasteiger partial charge is 0.493 e. The lowest BCUT2D eigenvalue weighted by atomic mass is 9.95. The van der Waals surface area contributed by atoms with Gasteiger partial charge in [0.15, 0.2) is 11.5 Å². The van der Waals surface area contributed by atoms with Crippen LogP contribution in [0.1, 0.15) is 30.0 Å². The molecule has 0 saturated carbocycles. The summed E-state index contributed by atoms with van der Waals surface area (Å²) in [7, 11) is 3.29. The fourth-order valence-electron chi connectivity index (χ4n) is 2.84. The lowest BCUT2D eigenvalue weighted by Crippen LogP contribution is -2.25. The highest BCUT2D eigenvalue weighted by Crippen LogP contribution is 2.33. The molecule has 0 aliphatic carbocycles. The Bertz CT molecular complexity index is 798. The molecule has 130 valence electrons. The first kappa shape index (κ1) is 17.0. The van der Waals surface area contributed by atoms with Gasteiger partial charge in [-0.2, -0.15) is 0 Å². The van der Waals surface area contributed by atoms with Gasteiger partial charge in [0, 0.05) is 24.1 Å². The Morgan fingerprint density at radius 3 is 2.40 bits per heavy atom. The zero-order valence-electron chi connectivity index (χ0n) is 14.9. The van der Waals surface area contributed by atoms with Crippen molar-refractivity contribution in [1.82, 2.24) is 5.32 Å². The summed E-state index contributed by atoms with van der Waals surface area (Å²) in [6.45, 7) is 3.00. The highest BCUT2D eigenvalue weighted by atomic mass is 16.5. The number of rotatable bonds is 5. The normalized spacial score (nSPS) is 13.2. The first-order chi connectivity index (χ1) is 12.3. The van der Waals surface area contributed by atoms with Gasteiger partial charge in [-0.25, -0.2) is 0 Å². The molecule has 0 aromatic heterocycles. The van der Waals surface area contributed by atoms with Crippen molar-refractivity contribution in [3.05, 3.63) is 59.2 Å². The smallest absolute Gasteiger partial charge is 0.161 e. The second kappa shape index (κ2) is 7.83. The SMILES string of the molecule is CCCNC1=NN=C(c2ccccc2)c2cc(OC)c(OC)cc2C1. The van der Waals surface area contributed by atoms with Gasteiger partial charge in [-0.3, -0.25) is 0 Å². The minimum absolute atomic E-state index is 0.676. The van der Waals surface area contributed by atoms with E-state index in [0.717, 1.165) is 41.2 Å². The van der Waals surface area contributed by atoms with Crippen molar-refractivity contribution in [3.8, 4) is 11.5 Å². The molecule has 0 radical (unpaired) electrons. The summed E-state index contributed by atoms with van der Waals surface area (Å²) in [5.41, 5.74) is 3.99. The predicted molar refractivity (Wildman–Crippen MR) is 101 cm³/mol. The topological polar surface area (TPSA) is 55.2 Å². The fourth-order valence-corrected chi connectivity index (χ4v) is 2.84. The molecule has 1 N–H and O–H groups in total. The van der Waals surface area contributed by atoms with Crippen molar-refractivity contribution in [3.63, 3.8) is 0 Å². The van der Waals surface area contributed by atoms with Gasteiger partial charge in [-0.05, 0) is 24.1 Å². The van der Waals surface area contributed by atoms with Crippen molar-refractivity contribution in [2.45, 2.75) is 19.8 Å². The Kier molecular flexibility index (Phi) is 5.33. The van der Waals surface area contributed by atoms with Crippen LogP contribution in [0.2, 0.25) is 0 Å². The monoisotopic (exact) mass is 337 g/mol. The van der Waals surface area contributed by atoms with E-state index < -0.39 is 0 Å². The van der Waals surface area contributed by atoms with E-state index >= 15 is 0 Å². The molecule has 2 aromatic rings. The van der Waals surface area contributed by atoms with E-state index in [9.17, 15) is 0 Å². The lowest BCUT2D eigenvalue weighted by Gasteiger charge is -2.15. The average molecular weight is 337 g/mol. The Labute approximate surface area is 148 Å². The highest BCUT2D eigenvalue weighted by molar-refractivity contribution is 6.15. The van der Waals surface area contributed by atoms with Crippen molar-refractivity contribution in [1.29, 1.82) is 0 Å². The van der Waals surface area contributed by atoms with Crippen LogP contribution < -0.4 is 14.8 Å². The maximum Gasteiger partial charge on any atom is 0.161 e. The zero-order valence-corrected chi connectivity index (χ0v) is 14.9. The van der Waals surface area contributed by atoms with Crippen LogP contribution in [0.4, 0.5) is 0 Å². The van der Waals surface area contributed by atoms with Crippen LogP contribution in [-0.2, 0) is 6.42 Å². The summed E-state index contributed by atoms with van der Waals surface area (Å²) in [5.74, 6) is 2.27. The number of hydrogen-bond acceptors (Lipinski definition) is 5. The molecule has 1 heterocycles. The molecule has 0 saturated heterocycles. The van der Waals surface area contributed by atoms with E-state index in [1.54, 1.807) is 14.2 Å². The van der Waals surface area contributed by atoms with Gasteiger partial charge in [-0.15, -0.1) is 10.2 Å². The van der Waals surface area contributed by atoms with Crippen molar-refractivity contribution >= 4 is 11.5 Å². The number of hydrogen-bond donors (Lipinski definition) is 1. The van der Waals surface area contributed by atoms with Crippen molar-refractivity contribution in [2.24, 2.45) is 10.2 Å². The molecule has 0 amide bonds. The van der Waals surface area contributed by atoms with E-state index in [1.165, 1.54) is 0 Å². The molecule has 5 nitrogen and oxygen atoms in total. The number of nitrogens with one attached hydrogen (secondary N) is 1. The maximum atomic E-state index is 5.49. The van der Waals surface area contributed by atoms with Crippen LogP contribution >= 0.6 is 0 Å². The Balaban J connectivity index is 2.13. The molecule has 0 fully saturated rings. The summed E-state index contributed by atoms with van der Waals surface area (Å²) in [4.78, 5) is 0. The third kappa shape index (κ3) is 3.65. The zero-order chi connectivity index (χ0) is 17.6. The molecule has 3 rings (SSSR count). The summed E-state index contributed by atoms with van der Waals surface area (Å²) >= 11 is 0. The molecule has 2 aromatic carbocycles. The standard InChI is InChI=1S/C20H23N3O2/c1-4-10-21-19-12-15-11-17(24-2)18(25-3)13-16(15)20(23-22-19)14-8-6-5-7-9-14/h5-9,11,13H,4,10,12H2,1-3H3,(H,21,22). The van der Waals surface area contributed by atoms with E-state index in [-0.39, 0.29) is 0 Å². The van der Waals surface area contributed by atoms with E-state index in [4.69, 9.17) is 9.47 Å². The van der Waals surface area contributed by atoms with Crippen LogP contribution in [0.3, 0.4) is 0 Å². The van der Waals surface area contributed by atoms with Crippen molar-refractivity contribution in [2.75, 3.05) is 20.8 Å². The average Bonchev–Trinajstić information content (AvgIpc) is 2.84. The molecular weight excluding hydrogens is 314 g/mol. The first-order valence-electron chi connectivity index (χ1n) is 8.46. The number of amidine groups is 1. The first-order valence-corrected chi connectivity index (χ1v) is 8.46. The summed E-state index contributed by atoms with van der Waals surface area (Å²) in [6, 6.07) is 14.1. The van der Waals surface area contributed by atoms with Gasteiger partial charge in [0.2, 0.25) is 0 Å². The van der Waals surface area contributed by atoms with Crippen LogP contribution in [-0.4, -0.2) is 32.3 Å². The third-order valence-corrected chi connectivity index (χ3v) is 4.12.